The highest BCUT2D eigenvalue weighted by atomic mass is 32.2. The van der Waals surface area contributed by atoms with Gasteiger partial charge in [0.05, 0.1) is 5.69 Å². The molecule has 0 amide bonds. The number of H-pyrrole nitrogens is 1. The van der Waals surface area contributed by atoms with Gasteiger partial charge in [0, 0.05) is 19.0 Å². The standard InChI is InChI=1S/C10H9N5O4S/c1-15-10(13-7(16)8(17)14-15)20-3-6-5(9(18)19)2-11-4-12-6/h2,4H,3H2,1H3,(H,14,17)(H,18,19). The third-order valence-corrected chi connectivity index (χ3v) is 3.35. The zero-order valence-corrected chi connectivity index (χ0v) is 11.0. The van der Waals surface area contributed by atoms with Crippen LogP contribution in [0.25, 0.3) is 0 Å². The highest BCUT2D eigenvalue weighted by Crippen LogP contribution is 2.19. The molecule has 0 spiro atoms. The van der Waals surface area contributed by atoms with Gasteiger partial charge >= 0.3 is 17.1 Å². The van der Waals surface area contributed by atoms with E-state index in [1.165, 1.54) is 24.3 Å². The molecule has 0 aromatic carbocycles. The number of thioether (sulfide) groups is 1. The second-order valence-electron chi connectivity index (χ2n) is 3.68. The molecule has 2 N–H and O–H groups in total. The van der Waals surface area contributed by atoms with Gasteiger partial charge < -0.3 is 5.11 Å². The molecule has 2 aromatic heterocycles. The first-order valence-electron chi connectivity index (χ1n) is 5.31. The van der Waals surface area contributed by atoms with Gasteiger partial charge in [-0.3, -0.25) is 19.4 Å². The average molecular weight is 295 g/mol. The Balaban J connectivity index is 2.26. The molecule has 0 aliphatic rings. The van der Waals surface area contributed by atoms with E-state index in [9.17, 15) is 14.4 Å². The first-order valence-corrected chi connectivity index (χ1v) is 6.30. The van der Waals surface area contributed by atoms with E-state index in [4.69, 9.17) is 5.11 Å². The highest BCUT2D eigenvalue weighted by molar-refractivity contribution is 7.98. The van der Waals surface area contributed by atoms with Crippen LogP contribution in [0, 0.1) is 0 Å². The fourth-order valence-corrected chi connectivity index (χ4v) is 2.25. The van der Waals surface area contributed by atoms with Crippen LogP contribution in [0.5, 0.6) is 0 Å². The van der Waals surface area contributed by atoms with Crippen LogP contribution in [0.15, 0.2) is 27.3 Å². The predicted molar refractivity (Wildman–Crippen MR) is 68.7 cm³/mol. The summed E-state index contributed by atoms with van der Waals surface area (Å²) in [4.78, 5) is 44.3. The Morgan fingerprint density at radius 2 is 2.25 bits per heavy atom. The number of rotatable bonds is 4. The van der Waals surface area contributed by atoms with Crippen molar-refractivity contribution in [3.05, 3.63) is 44.5 Å². The fourth-order valence-electron chi connectivity index (χ4n) is 1.37. The van der Waals surface area contributed by atoms with Gasteiger partial charge in [-0.05, 0) is 0 Å². The smallest absolute Gasteiger partial charge is 0.339 e. The summed E-state index contributed by atoms with van der Waals surface area (Å²) in [6.45, 7) is 0. The number of hydrogen-bond donors (Lipinski definition) is 2. The molecule has 0 bridgehead atoms. The van der Waals surface area contributed by atoms with Crippen molar-refractivity contribution in [2.45, 2.75) is 10.9 Å². The molecule has 0 saturated carbocycles. The molecule has 2 heterocycles. The van der Waals surface area contributed by atoms with E-state index in [0.717, 1.165) is 11.8 Å². The summed E-state index contributed by atoms with van der Waals surface area (Å²) in [5.41, 5.74) is -1.43. The van der Waals surface area contributed by atoms with Gasteiger partial charge in [-0.25, -0.2) is 14.8 Å². The quantitative estimate of drug-likeness (QED) is 0.556. The molecule has 10 heteroatoms. The van der Waals surface area contributed by atoms with Crippen molar-refractivity contribution >= 4 is 17.7 Å². The van der Waals surface area contributed by atoms with E-state index in [1.54, 1.807) is 0 Å². The van der Waals surface area contributed by atoms with Gasteiger partial charge in [0.2, 0.25) is 0 Å². The van der Waals surface area contributed by atoms with E-state index in [0.29, 0.717) is 5.69 Å². The summed E-state index contributed by atoms with van der Waals surface area (Å²) in [5.74, 6) is -0.958. The van der Waals surface area contributed by atoms with Crippen molar-refractivity contribution in [2.75, 3.05) is 0 Å². The SMILES string of the molecule is Cn1[nH]c(=O)c(=O)nc1SCc1ncncc1C(=O)O. The van der Waals surface area contributed by atoms with Gasteiger partial charge in [0.15, 0.2) is 5.16 Å². The zero-order chi connectivity index (χ0) is 14.7. The largest absolute Gasteiger partial charge is 0.478 e. The molecule has 20 heavy (non-hydrogen) atoms. The number of carboxylic acid groups (broad SMARTS) is 1. The summed E-state index contributed by atoms with van der Waals surface area (Å²) >= 11 is 1.08. The van der Waals surface area contributed by atoms with Gasteiger partial charge in [0.25, 0.3) is 0 Å². The second-order valence-corrected chi connectivity index (χ2v) is 4.62. The number of nitrogens with zero attached hydrogens (tertiary/aromatic N) is 4. The predicted octanol–water partition coefficient (Wildman–Crippen LogP) is -0.751. The number of hydrogen-bond acceptors (Lipinski definition) is 7. The highest BCUT2D eigenvalue weighted by Gasteiger charge is 2.13. The van der Waals surface area contributed by atoms with Crippen molar-refractivity contribution in [1.29, 1.82) is 0 Å². The molecular formula is C10H9N5O4S. The molecule has 2 aromatic rings. The first kappa shape index (κ1) is 13.9. The number of aromatic carboxylic acids is 1. The van der Waals surface area contributed by atoms with Gasteiger partial charge in [-0.1, -0.05) is 11.8 Å². The Morgan fingerprint density at radius 1 is 1.50 bits per heavy atom. The maximum atomic E-state index is 11.2. The lowest BCUT2D eigenvalue weighted by Gasteiger charge is -2.06. The molecule has 104 valence electrons. The van der Waals surface area contributed by atoms with Crippen LogP contribution < -0.4 is 11.1 Å². The maximum Gasteiger partial charge on any atom is 0.339 e. The van der Waals surface area contributed by atoms with Crippen LogP contribution in [0.2, 0.25) is 0 Å². The van der Waals surface area contributed by atoms with E-state index in [-0.39, 0.29) is 16.5 Å². The molecule has 0 aliphatic carbocycles. The Morgan fingerprint density at radius 3 is 2.95 bits per heavy atom. The monoisotopic (exact) mass is 295 g/mol. The molecule has 2 rings (SSSR count). The summed E-state index contributed by atoms with van der Waals surface area (Å²) in [7, 11) is 1.52. The number of carbonyl (C=O) groups is 1. The molecule has 0 fully saturated rings. The summed E-state index contributed by atoms with van der Waals surface area (Å²) < 4.78 is 1.29. The number of aromatic nitrogens is 5. The minimum absolute atomic E-state index is 0.0191. The Bertz CT molecular complexity index is 769. The van der Waals surface area contributed by atoms with Crippen LogP contribution in [0.1, 0.15) is 16.1 Å². The molecular weight excluding hydrogens is 286 g/mol. The molecule has 0 atom stereocenters. The van der Waals surface area contributed by atoms with E-state index in [2.05, 4.69) is 20.1 Å². The van der Waals surface area contributed by atoms with Crippen molar-refractivity contribution in [2.24, 2.45) is 7.05 Å². The number of carboxylic acids is 1. The van der Waals surface area contributed by atoms with E-state index in [1.807, 2.05) is 0 Å². The van der Waals surface area contributed by atoms with Crippen molar-refractivity contribution in [3.63, 3.8) is 0 Å². The number of aryl methyl sites for hydroxylation is 1. The Kier molecular flexibility index (Phi) is 3.94. The van der Waals surface area contributed by atoms with Crippen LogP contribution in [0.3, 0.4) is 0 Å². The average Bonchev–Trinajstić information content (AvgIpc) is 2.41. The molecule has 0 saturated heterocycles. The minimum Gasteiger partial charge on any atom is -0.478 e. The van der Waals surface area contributed by atoms with Gasteiger partial charge in [0.1, 0.15) is 11.9 Å². The van der Waals surface area contributed by atoms with Crippen LogP contribution in [-0.2, 0) is 12.8 Å². The van der Waals surface area contributed by atoms with Crippen molar-refractivity contribution < 1.29 is 9.90 Å². The summed E-state index contributed by atoms with van der Waals surface area (Å²) in [6, 6.07) is 0. The summed E-state index contributed by atoms with van der Waals surface area (Å²) in [5, 5.41) is 11.5. The third kappa shape index (κ3) is 2.91. The third-order valence-electron chi connectivity index (χ3n) is 2.31. The van der Waals surface area contributed by atoms with Gasteiger partial charge in [-0.15, -0.1) is 0 Å². The molecule has 9 nitrogen and oxygen atoms in total. The van der Waals surface area contributed by atoms with Crippen molar-refractivity contribution in [3.8, 4) is 0 Å². The maximum absolute atomic E-state index is 11.2. The van der Waals surface area contributed by atoms with Crippen LogP contribution >= 0.6 is 11.8 Å². The number of aromatic amines is 1. The normalized spacial score (nSPS) is 10.4. The topological polar surface area (TPSA) is 131 Å². The fraction of sp³-hybridized carbons (Fsp3) is 0.200. The Labute approximate surface area is 115 Å². The van der Waals surface area contributed by atoms with Crippen LogP contribution in [0.4, 0.5) is 0 Å². The summed E-state index contributed by atoms with van der Waals surface area (Å²) in [6.07, 6.45) is 2.44. The lowest BCUT2D eigenvalue weighted by atomic mass is 10.2. The van der Waals surface area contributed by atoms with Crippen molar-refractivity contribution in [1.82, 2.24) is 24.7 Å². The van der Waals surface area contributed by atoms with E-state index >= 15 is 0 Å². The first-order chi connectivity index (χ1) is 9.49. The minimum atomic E-state index is -1.13. The second kappa shape index (κ2) is 5.65. The van der Waals surface area contributed by atoms with Crippen LogP contribution in [-0.4, -0.2) is 35.8 Å². The Hall–Kier alpha value is -2.49. The number of nitrogens with one attached hydrogen (secondary N) is 1. The van der Waals surface area contributed by atoms with Gasteiger partial charge in [-0.2, -0.15) is 4.98 Å². The molecule has 0 aliphatic heterocycles. The lowest BCUT2D eigenvalue weighted by molar-refractivity contribution is 0.0695. The zero-order valence-electron chi connectivity index (χ0n) is 10.2. The van der Waals surface area contributed by atoms with E-state index < -0.39 is 17.1 Å². The lowest BCUT2D eigenvalue weighted by Crippen LogP contribution is -2.33. The molecule has 0 radical (unpaired) electrons. The molecule has 0 unspecified atom stereocenters.